The van der Waals surface area contributed by atoms with Crippen molar-refractivity contribution in [2.24, 2.45) is 0 Å². The molecule has 9 heteroatoms. The summed E-state index contributed by atoms with van der Waals surface area (Å²) >= 11 is 3.34. The third-order valence-electron chi connectivity index (χ3n) is 4.97. The molecule has 0 radical (unpaired) electrons. The second-order valence-electron chi connectivity index (χ2n) is 7.03. The number of fused-ring (bicyclic) bond motifs is 1. The minimum Gasteiger partial charge on any atom is -0.397 e. The zero-order chi connectivity index (χ0) is 22.5. The molecule has 0 saturated carbocycles. The van der Waals surface area contributed by atoms with E-state index in [2.05, 4.69) is 15.3 Å². The number of ether oxygens (including phenoxy) is 1. The standard InChI is InChI=1S/C23H24N6OS2/c1-26-21-15(11-24)9-16(13-28-21)18-10-17(14-5-3-6-27-12-14)19-20(25)23(32-22(19)29-18)31-8-4-7-30-2/h3,5-6,9-13,24H,4,7-8,25H2,1-2H3,(H,26,28). The lowest BCUT2D eigenvalue weighted by atomic mass is 10.0. The van der Waals surface area contributed by atoms with Crippen molar-refractivity contribution in [2.45, 2.75) is 10.6 Å². The van der Waals surface area contributed by atoms with Crippen molar-refractivity contribution in [1.82, 2.24) is 15.0 Å². The number of hydrogen-bond acceptors (Lipinski definition) is 9. The minimum absolute atomic E-state index is 0.660. The number of nitrogens with one attached hydrogen (secondary N) is 2. The van der Waals surface area contributed by atoms with Gasteiger partial charge in [-0.2, -0.15) is 0 Å². The Bertz CT molecular complexity index is 1240. The topological polar surface area (TPSA) is 110 Å². The average molecular weight is 465 g/mol. The first-order valence-corrected chi connectivity index (χ1v) is 11.9. The minimum atomic E-state index is 0.660. The first kappa shape index (κ1) is 22.2. The summed E-state index contributed by atoms with van der Waals surface area (Å²) in [5, 5.41) is 11.7. The highest BCUT2D eigenvalue weighted by atomic mass is 32.2. The van der Waals surface area contributed by atoms with E-state index in [9.17, 15) is 0 Å². The second kappa shape index (κ2) is 10.1. The maximum atomic E-state index is 7.72. The van der Waals surface area contributed by atoms with Gasteiger partial charge < -0.3 is 21.2 Å². The summed E-state index contributed by atoms with van der Waals surface area (Å²) in [6, 6.07) is 7.90. The molecule has 0 atom stereocenters. The van der Waals surface area contributed by atoms with Gasteiger partial charge in [0.25, 0.3) is 0 Å². The molecule has 0 aromatic carbocycles. The van der Waals surface area contributed by atoms with Crippen LogP contribution in [0, 0.1) is 5.41 Å². The van der Waals surface area contributed by atoms with Gasteiger partial charge in [-0.15, -0.1) is 23.1 Å². The predicted molar refractivity (Wildman–Crippen MR) is 135 cm³/mol. The number of thioether (sulfide) groups is 1. The van der Waals surface area contributed by atoms with E-state index in [0.717, 1.165) is 61.3 Å². The fourth-order valence-electron chi connectivity index (χ4n) is 3.41. The summed E-state index contributed by atoms with van der Waals surface area (Å²) in [4.78, 5) is 14.6. The highest BCUT2D eigenvalue weighted by Crippen LogP contribution is 2.45. The monoisotopic (exact) mass is 464 g/mol. The fourth-order valence-corrected chi connectivity index (χ4v) is 5.70. The van der Waals surface area contributed by atoms with Crippen LogP contribution in [0.5, 0.6) is 0 Å². The van der Waals surface area contributed by atoms with E-state index in [1.807, 2.05) is 30.5 Å². The molecule has 164 valence electrons. The van der Waals surface area contributed by atoms with Gasteiger partial charge in [0.2, 0.25) is 0 Å². The lowest BCUT2D eigenvalue weighted by Gasteiger charge is -2.10. The van der Waals surface area contributed by atoms with Crippen molar-refractivity contribution in [1.29, 1.82) is 5.41 Å². The van der Waals surface area contributed by atoms with Gasteiger partial charge >= 0.3 is 0 Å². The Morgan fingerprint density at radius 1 is 1.28 bits per heavy atom. The van der Waals surface area contributed by atoms with Crippen molar-refractivity contribution in [3.8, 4) is 22.4 Å². The Balaban J connectivity index is 1.86. The predicted octanol–water partition coefficient (Wildman–Crippen LogP) is 5.17. The van der Waals surface area contributed by atoms with Crippen LogP contribution in [0.1, 0.15) is 12.0 Å². The van der Waals surface area contributed by atoms with Gasteiger partial charge in [-0.1, -0.05) is 6.07 Å². The summed E-state index contributed by atoms with van der Waals surface area (Å²) < 4.78 is 6.22. The molecule has 0 bridgehead atoms. The SMILES string of the molecule is CNc1ncc(-c2cc(-c3cccnc3)c3c(N)c(SCCCOC)sc3n2)cc1C=N. The molecule has 4 heterocycles. The summed E-state index contributed by atoms with van der Waals surface area (Å²) in [7, 11) is 3.51. The number of hydrogen-bond donors (Lipinski definition) is 3. The molecule has 7 nitrogen and oxygen atoms in total. The number of rotatable bonds is 9. The molecule has 0 saturated heterocycles. The van der Waals surface area contributed by atoms with Crippen LogP contribution in [0.25, 0.3) is 32.6 Å². The van der Waals surface area contributed by atoms with Crippen molar-refractivity contribution >= 4 is 51.0 Å². The van der Waals surface area contributed by atoms with Crippen LogP contribution in [-0.4, -0.2) is 47.7 Å². The molecule has 0 unspecified atom stereocenters. The number of nitrogens with zero attached hydrogens (tertiary/aromatic N) is 3. The van der Waals surface area contributed by atoms with Gasteiger partial charge in [0.1, 0.15) is 10.6 Å². The summed E-state index contributed by atoms with van der Waals surface area (Å²) in [5.74, 6) is 1.59. The van der Waals surface area contributed by atoms with E-state index in [1.165, 1.54) is 6.21 Å². The van der Waals surface area contributed by atoms with E-state index in [1.54, 1.807) is 49.6 Å². The molecule has 0 amide bonds. The van der Waals surface area contributed by atoms with Crippen LogP contribution in [0.15, 0.2) is 47.1 Å². The number of methoxy groups -OCH3 is 1. The number of aromatic nitrogens is 3. The first-order chi connectivity index (χ1) is 15.7. The number of nitrogens with two attached hydrogens (primary N) is 1. The van der Waals surface area contributed by atoms with Crippen LogP contribution in [0.4, 0.5) is 11.5 Å². The number of anilines is 2. The Hall–Kier alpha value is -3.01. The molecule has 4 aromatic rings. The lowest BCUT2D eigenvalue weighted by Crippen LogP contribution is -1.99. The van der Waals surface area contributed by atoms with Crippen LogP contribution in [-0.2, 0) is 4.74 Å². The molecule has 4 rings (SSSR count). The molecular weight excluding hydrogens is 440 g/mol. The van der Waals surface area contributed by atoms with E-state index in [4.69, 9.17) is 20.9 Å². The molecule has 4 N–H and O–H groups in total. The van der Waals surface area contributed by atoms with E-state index < -0.39 is 0 Å². The average Bonchev–Trinajstić information content (AvgIpc) is 3.16. The Morgan fingerprint density at radius 3 is 2.88 bits per heavy atom. The quantitative estimate of drug-likeness (QED) is 0.178. The Kier molecular flexibility index (Phi) is 6.99. The largest absolute Gasteiger partial charge is 0.397 e. The van der Waals surface area contributed by atoms with Crippen molar-refractivity contribution in [3.05, 3.63) is 48.4 Å². The smallest absolute Gasteiger partial charge is 0.134 e. The second-order valence-corrected chi connectivity index (χ2v) is 9.39. The molecule has 0 fully saturated rings. The highest BCUT2D eigenvalue weighted by Gasteiger charge is 2.18. The van der Waals surface area contributed by atoms with Crippen LogP contribution >= 0.6 is 23.1 Å². The zero-order valence-corrected chi connectivity index (χ0v) is 19.5. The number of pyridine rings is 3. The van der Waals surface area contributed by atoms with Gasteiger partial charge in [-0.3, -0.25) is 4.98 Å². The third-order valence-corrected chi connectivity index (χ3v) is 7.44. The molecule has 32 heavy (non-hydrogen) atoms. The molecule has 0 aliphatic carbocycles. The maximum absolute atomic E-state index is 7.72. The van der Waals surface area contributed by atoms with Crippen molar-refractivity contribution in [3.63, 3.8) is 0 Å². The Morgan fingerprint density at radius 2 is 2.16 bits per heavy atom. The van der Waals surface area contributed by atoms with Gasteiger partial charge in [-0.25, -0.2) is 9.97 Å². The van der Waals surface area contributed by atoms with Crippen molar-refractivity contribution in [2.75, 3.05) is 37.6 Å². The van der Waals surface area contributed by atoms with Crippen LogP contribution in [0.2, 0.25) is 0 Å². The number of nitrogen functional groups attached to an aromatic ring is 1. The van der Waals surface area contributed by atoms with E-state index in [-0.39, 0.29) is 0 Å². The van der Waals surface area contributed by atoms with Gasteiger partial charge in [0, 0.05) is 73.4 Å². The van der Waals surface area contributed by atoms with Gasteiger partial charge in [0.15, 0.2) is 0 Å². The van der Waals surface area contributed by atoms with E-state index >= 15 is 0 Å². The maximum Gasteiger partial charge on any atom is 0.134 e. The summed E-state index contributed by atoms with van der Waals surface area (Å²) in [6.45, 7) is 0.728. The summed E-state index contributed by atoms with van der Waals surface area (Å²) in [5.41, 5.74) is 11.7. The first-order valence-electron chi connectivity index (χ1n) is 10.1. The summed E-state index contributed by atoms with van der Waals surface area (Å²) in [6.07, 6.45) is 7.62. The molecule has 0 aliphatic heterocycles. The number of thiophene rings is 1. The normalized spacial score (nSPS) is 11.1. The van der Waals surface area contributed by atoms with Crippen molar-refractivity contribution < 1.29 is 4.74 Å². The molecule has 0 aliphatic rings. The zero-order valence-electron chi connectivity index (χ0n) is 17.9. The van der Waals surface area contributed by atoms with E-state index in [0.29, 0.717) is 11.4 Å². The van der Waals surface area contributed by atoms with Crippen LogP contribution in [0.3, 0.4) is 0 Å². The van der Waals surface area contributed by atoms with Gasteiger partial charge in [0.05, 0.1) is 15.6 Å². The third kappa shape index (κ3) is 4.45. The highest BCUT2D eigenvalue weighted by molar-refractivity contribution is 8.01. The molecule has 4 aromatic heterocycles. The lowest BCUT2D eigenvalue weighted by molar-refractivity contribution is 0.200. The fraction of sp³-hybridized carbons (Fsp3) is 0.217. The molecular formula is C23H24N6OS2. The molecule has 0 spiro atoms. The van der Waals surface area contributed by atoms with Gasteiger partial charge in [-0.05, 0) is 30.2 Å². The Labute approximate surface area is 195 Å². The van der Waals surface area contributed by atoms with Crippen LogP contribution < -0.4 is 11.1 Å².